The van der Waals surface area contributed by atoms with Crippen molar-refractivity contribution in [1.82, 2.24) is 20.2 Å². The first kappa shape index (κ1) is 16.5. The van der Waals surface area contributed by atoms with Gasteiger partial charge >= 0.3 is 0 Å². The van der Waals surface area contributed by atoms with E-state index in [1.807, 2.05) is 20.1 Å². The van der Waals surface area contributed by atoms with Crippen molar-refractivity contribution in [1.29, 1.82) is 0 Å². The molecule has 1 heterocycles. The smallest absolute Gasteiger partial charge is 0.260 e. The first-order chi connectivity index (χ1) is 8.92. The molecule has 0 bridgehead atoms. The van der Waals surface area contributed by atoms with Gasteiger partial charge in [0, 0.05) is 24.3 Å². The largest absolute Gasteiger partial charge is 0.316 e. The van der Waals surface area contributed by atoms with Gasteiger partial charge in [-0.05, 0) is 31.9 Å². The maximum Gasteiger partial charge on any atom is 0.260 e. The lowest BCUT2D eigenvalue weighted by Gasteiger charge is -2.11. The summed E-state index contributed by atoms with van der Waals surface area (Å²) < 4.78 is 27.1. The molecule has 0 saturated carbocycles. The Kier molecular flexibility index (Phi) is 6.31. The molecule has 0 aliphatic carbocycles. The predicted molar refractivity (Wildman–Crippen MR) is 78.8 cm³/mol. The van der Waals surface area contributed by atoms with E-state index in [-0.39, 0.29) is 10.9 Å². The maximum atomic E-state index is 12.2. The molecule has 0 saturated heterocycles. The fourth-order valence-corrected chi connectivity index (χ4v) is 3.74. The number of hydrogen-bond donors (Lipinski definition) is 3. The van der Waals surface area contributed by atoms with E-state index >= 15 is 0 Å². The zero-order valence-corrected chi connectivity index (χ0v) is 13.4. The molecule has 0 aliphatic heterocycles. The average molecular weight is 306 g/mol. The van der Waals surface area contributed by atoms with Crippen molar-refractivity contribution in [2.45, 2.75) is 25.4 Å². The fraction of sp³-hybridized carbons (Fsp3) is 0.727. The normalized spacial score (nSPS) is 13.7. The van der Waals surface area contributed by atoms with Crippen LogP contribution in [0.2, 0.25) is 0 Å². The third-order valence-electron chi connectivity index (χ3n) is 2.72. The van der Waals surface area contributed by atoms with Crippen molar-refractivity contribution >= 4 is 21.8 Å². The van der Waals surface area contributed by atoms with E-state index in [1.54, 1.807) is 18.8 Å². The number of nitrogens with one attached hydrogen (secondary N) is 3. The number of hydrogen-bond acceptors (Lipinski definition) is 5. The number of aryl methyl sites for hydroxylation is 1. The second kappa shape index (κ2) is 7.28. The minimum atomic E-state index is -3.55. The van der Waals surface area contributed by atoms with Gasteiger partial charge in [0.05, 0.1) is 0 Å². The van der Waals surface area contributed by atoms with E-state index in [4.69, 9.17) is 0 Å². The van der Waals surface area contributed by atoms with Crippen LogP contribution >= 0.6 is 11.8 Å². The molecule has 3 N–H and O–H groups in total. The lowest BCUT2D eigenvalue weighted by molar-refractivity contribution is 0.557. The number of aromatic nitrogens is 2. The van der Waals surface area contributed by atoms with Crippen molar-refractivity contribution in [2.24, 2.45) is 5.92 Å². The van der Waals surface area contributed by atoms with E-state index < -0.39 is 10.0 Å². The number of thioether (sulfide) groups is 1. The van der Waals surface area contributed by atoms with E-state index in [1.165, 1.54) is 0 Å². The standard InChI is InChI=1S/C11H22N4O2S2/c1-8(7-18-4)5-13-19(16,17)11-10(6-12-3)9(2)14-15-11/h8,12-13H,5-7H2,1-4H3,(H,14,15). The molecule has 110 valence electrons. The number of sulfonamides is 1. The Morgan fingerprint density at radius 1 is 1.47 bits per heavy atom. The van der Waals surface area contributed by atoms with Crippen LogP contribution in [0, 0.1) is 12.8 Å². The lowest BCUT2D eigenvalue weighted by atomic mass is 10.2. The summed E-state index contributed by atoms with van der Waals surface area (Å²) in [6.07, 6.45) is 2.01. The Hall–Kier alpha value is -0.570. The van der Waals surface area contributed by atoms with Gasteiger partial charge in [0.25, 0.3) is 10.0 Å². The molecule has 0 amide bonds. The molecule has 1 unspecified atom stereocenters. The van der Waals surface area contributed by atoms with Gasteiger partial charge in [-0.1, -0.05) is 6.92 Å². The zero-order valence-electron chi connectivity index (χ0n) is 11.8. The average Bonchev–Trinajstić information content (AvgIpc) is 2.71. The van der Waals surface area contributed by atoms with Gasteiger partial charge in [-0.2, -0.15) is 16.9 Å². The fourth-order valence-electron chi connectivity index (χ4n) is 1.70. The molecule has 19 heavy (non-hydrogen) atoms. The van der Waals surface area contributed by atoms with Crippen LogP contribution in [0.4, 0.5) is 0 Å². The summed E-state index contributed by atoms with van der Waals surface area (Å²) >= 11 is 1.70. The molecule has 1 rings (SSSR count). The Bertz CT molecular complexity index is 499. The highest BCUT2D eigenvalue weighted by Gasteiger charge is 2.23. The predicted octanol–water partition coefficient (Wildman–Crippen LogP) is 0.715. The summed E-state index contributed by atoms with van der Waals surface area (Å²) in [5, 5.41) is 9.68. The molecule has 1 aromatic rings. The number of nitrogens with zero attached hydrogens (tertiary/aromatic N) is 1. The molecule has 8 heteroatoms. The molecule has 1 aromatic heterocycles. The van der Waals surface area contributed by atoms with Crippen molar-refractivity contribution in [2.75, 3.05) is 25.6 Å². The van der Waals surface area contributed by atoms with Crippen LogP contribution in [-0.2, 0) is 16.6 Å². The first-order valence-electron chi connectivity index (χ1n) is 6.09. The highest BCUT2D eigenvalue weighted by molar-refractivity contribution is 7.98. The van der Waals surface area contributed by atoms with Crippen molar-refractivity contribution in [3.8, 4) is 0 Å². The second-order valence-corrected chi connectivity index (χ2v) is 7.17. The van der Waals surface area contributed by atoms with Gasteiger partial charge in [0.15, 0.2) is 5.03 Å². The molecule has 0 aliphatic rings. The van der Waals surface area contributed by atoms with Crippen LogP contribution in [0.3, 0.4) is 0 Å². The second-order valence-electron chi connectivity index (χ2n) is 4.58. The van der Waals surface area contributed by atoms with E-state index in [2.05, 4.69) is 20.2 Å². The van der Waals surface area contributed by atoms with Gasteiger partial charge in [-0.3, -0.25) is 5.10 Å². The molecule has 0 fully saturated rings. The van der Waals surface area contributed by atoms with E-state index in [9.17, 15) is 8.42 Å². The summed E-state index contributed by atoms with van der Waals surface area (Å²) in [5.74, 6) is 1.21. The van der Waals surface area contributed by atoms with E-state index in [0.717, 1.165) is 11.4 Å². The summed E-state index contributed by atoms with van der Waals surface area (Å²) in [6, 6.07) is 0. The molecular weight excluding hydrogens is 284 g/mol. The zero-order chi connectivity index (χ0) is 14.5. The number of aromatic amines is 1. The third-order valence-corrected chi connectivity index (χ3v) is 5.01. The van der Waals surface area contributed by atoms with Crippen LogP contribution < -0.4 is 10.0 Å². The van der Waals surface area contributed by atoms with Gasteiger partial charge < -0.3 is 5.32 Å². The monoisotopic (exact) mass is 306 g/mol. The maximum absolute atomic E-state index is 12.2. The van der Waals surface area contributed by atoms with Crippen LogP contribution in [-0.4, -0.2) is 44.2 Å². The molecule has 1 atom stereocenters. The van der Waals surface area contributed by atoms with Crippen LogP contribution in [0.5, 0.6) is 0 Å². The molecule has 0 radical (unpaired) electrons. The summed E-state index contributed by atoms with van der Waals surface area (Å²) in [7, 11) is -1.77. The van der Waals surface area contributed by atoms with E-state index in [0.29, 0.717) is 18.7 Å². The van der Waals surface area contributed by atoms with Gasteiger partial charge in [-0.25, -0.2) is 13.1 Å². The Balaban J connectivity index is 2.83. The van der Waals surface area contributed by atoms with Crippen LogP contribution in [0.15, 0.2) is 5.03 Å². The topological polar surface area (TPSA) is 86.9 Å². The highest BCUT2D eigenvalue weighted by atomic mass is 32.2. The Morgan fingerprint density at radius 3 is 2.74 bits per heavy atom. The Labute approximate surface area is 119 Å². The number of rotatable bonds is 8. The van der Waals surface area contributed by atoms with Gasteiger partial charge in [0.1, 0.15) is 0 Å². The summed E-state index contributed by atoms with van der Waals surface area (Å²) in [4.78, 5) is 0. The highest BCUT2D eigenvalue weighted by Crippen LogP contribution is 2.16. The quantitative estimate of drug-likeness (QED) is 0.658. The number of H-pyrrole nitrogens is 1. The molecule has 0 aromatic carbocycles. The van der Waals surface area contributed by atoms with Crippen molar-refractivity contribution < 1.29 is 8.42 Å². The molecule has 0 spiro atoms. The van der Waals surface area contributed by atoms with Gasteiger partial charge in [-0.15, -0.1) is 0 Å². The minimum Gasteiger partial charge on any atom is -0.316 e. The summed E-state index contributed by atoms with van der Waals surface area (Å²) in [6.45, 7) is 4.73. The molecular formula is C11H22N4O2S2. The minimum absolute atomic E-state index is 0.0932. The SMILES string of the molecule is CNCc1c(S(=O)(=O)NCC(C)CSC)n[nH]c1C. The van der Waals surface area contributed by atoms with Crippen LogP contribution in [0.25, 0.3) is 0 Å². The van der Waals surface area contributed by atoms with Crippen LogP contribution in [0.1, 0.15) is 18.2 Å². The first-order valence-corrected chi connectivity index (χ1v) is 8.97. The van der Waals surface area contributed by atoms with Crippen molar-refractivity contribution in [3.05, 3.63) is 11.3 Å². The van der Waals surface area contributed by atoms with Gasteiger partial charge in [0.2, 0.25) is 0 Å². The summed E-state index contributed by atoms with van der Waals surface area (Å²) in [5.41, 5.74) is 1.46. The molecule has 6 nitrogen and oxygen atoms in total. The lowest BCUT2D eigenvalue weighted by Crippen LogP contribution is -2.30. The third kappa shape index (κ3) is 4.48. The Morgan fingerprint density at radius 2 is 2.16 bits per heavy atom. The van der Waals surface area contributed by atoms with Crippen molar-refractivity contribution in [3.63, 3.8) is 0 Å².